The number of hydrogen-bond acceptors (Lipinski definition) is 4. The fourth-order valence-electron chi connectivity index (χ4n) is 7.68. The molecule has 4 aliphatic rings. The molecule has 2 aromatic rings. The third-order valence-corrected chi connectivity index (χ3v) is 8.77. The van der Waals surface area contributed by atoms with E-state index in [1.54, 1.807) is 19.2 Å². The smallest absolute Gasteiger partial charge is 0.335 e. The lowest BCUT2D eigenvalue weighted by Crippen LogP contribution is -2.48. The van der Waals surface area contributed by atoms with Crippen LogP contribution in [-0.2, 0) is 14.9 Å². The van der Waals surface area contributed by atoms with E-state index >= 15 is 0 Å². The lowest BCUT2D eigenvalue weighted by atomic mass is 9.48. The minimum atomic E-state index is -0.922. The van der Waals surface area contributed by atoms with Gasteiger partial charge in [0.2, 0.25) is 0 Å². The maximum atomic E-state index is 11.4. The summed E-state index contributed by atoms with van der Waals surface area (Å²) in [6.07, 6.45) is 10.5. The summed E-state index contributed by atoms with van der Waals surface area (Å²) in [6.45, 7) is 5.07. The van der Waals surface area contributed by atoms with Crippen LogP contribution >= 0.6 is 0 Å². The standard InChI is InChI=1S/C32H40O5/c1-4-36-30(37-5-2)17-27(25-7-9-26(10-8-25)31(33)34)15-21-6-11-29(35-3)28(16-21)32-18-22-12-23(19-32)14-24(13-22)20-32/h6-11,15-16,22-24,30H,4-5,12-14,17-20H2,1-3H3,(H,33,34). The summed E-state index contributed by atoms with van der Waals surface area (Å²) in [5, 5.41) is 9.36. The lowest BCUT2D eigenvalue weighted by Gasteiger charge is -2.57. The van der Waals surface area contributed by atoms with Crippen molar-refractivity contribution in [1.82, 2.24) is 0 Å². The van der Waals surface area contributed by atoms with Gasteiger partial charge in [-0.15, -0.1) is 0 Å². The number of aromatic carboxylic acids is 1. The molecule has 0 radical (unpaired) electrons. The number of rotatable bonds is 11. The van der Waals surface area contributed by atoms with Crippen LogP contribution in [0.25, 0.3) is 11.6 Å². The molecular weight excluding hydrogens is 464 g/mol. The van der Waals surface area contributed by atoms with Gasteiger partial charge in [0.25, 0.3) is 0 Å². The summed E-state index contributed by atoms with van der Waals surface area (Å²) in [5.41, 5.74) is 5.05. The monoisotopic (exact) mass is 504 g/mol. The fraction of sp³-hybridized carbons (Fsp3) is 0.531. The van der Waals surface area contributed by atoms with Gasteiger partial charge in [-0.1, -0.05) is 24.3 Å². The minimum Gasteiger partial charge on any atom is -0.496 e. The van der Waals surface area contributed by atoms with Crippen LogP contribution in [0.1, 0.15) is 85.8 Å². The molecule has 5 nitrogen and oxygen atoms in total. The topological polar surface area (TPSA) is 65.0 Å². The highest BCUT2D eigenvalue weighted by atomic mass is 16.7. The summed E-state index contributed by atoms with van der Waals surface area (Å²) >= 11 is 0. The first kappa shape index (κ1) is 26.0. The van der Waals surface area contributed by atoms with Crippen molar-refractivity contribution < 1.29 is 24.1 Å². The second-order valence-corrected chi connectivity index (χ2v) is 11.3. The Hall–Kier alpha value is -2.63. The highest BCUT2D eigenvalue weighted by Crippen LogP contribution is 2.62. The van der Waals surface area contributed by atoms with Crippen LogP contribution in [0, 0.1) is 17.8 Å². The Labute approximate surface area is 220 Å². The van der Waals surface area contributed by atoms with Crippen LogP contribution in [0.2, 0.25) is 0 Å². The Kier molecular flexibility index (Phi) is 7.73. The van der Waals surface area contributed by atoms with Crippen molar-refractivity contribution in [2.75, 3.05) is 20.3 Å². The molecule has 4 aliphatic carbocycles. The van der Waals surface area contributed by atoms with Crippen molar-refractivity contribution in [3.05, 3.63) is 64.7 Å². The van der Waals surface area contributed by atoms with Crippen LogP contribution in [0.4, 0.5) is 0 Å². The van der Waals surface area contributed by atoms with Gasteiger partial charge in [0.05, 0.1) is 12.7 Å². The Morgan fingerprint density at radius 3 is 2.03 bits per heavy atom. The molecule has 0 unspecified atom stereocenters. The maximum absolute atomic E-state index is 11.4. The van der Waals surface area contributed by atoms with Crippen molar-refractivity contribution in [3.63, 3.8) is 0 Å². The van der Waals surface area contributed by atoms with Crippen molar-refractivity contribution in [3.8, 4) is 5.75 Å². The van der Waals surface area contributed by atoms with E-state index in [1.807, 2.05) is 26.0 Å². The summed E-state index contributed by atoms with van der Waals surface area (Å²) in [6, 6.07) is 13.7. The second kappa shape index (κ2) is 11.0. The van der Waals surface area contributed by atoms with Gasteiger partial charge in [-0.05, 0) is 117 Å². The predicted octanol–water partition coefficient (Wildman–Crippen LogP) is 7.19. The molecule has 0 spiro atoms. The van der Waals surface area contributed by atoms with Crippen molar-refractivity contribution >= 4 is 17.6 Å². The largest absolute Gasteiger partial charge is 0.496 e. The Morgan fingerprint density at radius 1 is 0.946 bits per heavy atom. The van der Waals surface area contributed by atoms with E-state index in [1.165, 1.54) is 44.1 Å². The predicted molar refractivity (Wildman–Crippen MR) is 146 cm³/mol. The number of methoxy groups -OCH3 is 1. The van der Waals surface area contributed by atoms with Gasteiger partial charge in [0.1, 0.15) is 5.75 Å². The molecule has 4 bridgehead atoms. The zero-order valence-electron chi connectivity index (χ0n) is 22.4. The van der Waals surface area contributed by atoms with Crippen molar-refractivity contribution in [2.24, 2.45) is 17.8 Å². The SMILES string of the molecule is CCOC(CC(=Cc1ccc(OC)c(C23CC4CC(CC(C4)C2)C3)c1)c1ccc(C(=O)O)cc1)OCC. The molecule has 4 saturated carbocycles. The number of ether oxygens (including phenoxy) is 3. The molecule has 2 aromatic carbocycles. The van der Waals surface area contributed by atoms with Gasteiger partial charge in [-0.25, -0.2) is 4.79 Å². The number of benzene rings is 2. The van der Waals surface area contributed by atoms with Crippen molar-refractivity contribution in [2.45, 2.75) is 70.5 Å². The molecule has 0 heterocycles. The summed E-state index contributed by atoms with van der Waals surface area (Å²) in [5.74, 6) is 2.66. The van der Waals surface area contributed by atoms with E-state index < -0.39 is 5.97 Å². The quantitative estimate of drug-likeness (QED) is 0.259. The van der Waals surface area contributed by atoms with Crippen LogP contribution < -0.4 is 4.74 Å². The van der Waals surface area contributed by atoms with E-state index in [9.17, 15) is 9.90 Å². The Morgan fingerprint density at radius 2 is 1.51 bits per heavy atom. The van der Waals surface area contributed by atoms with Gasteiger partial charge in [0.15, 0.2) is 6.29 Å². The molecule has 198 valence electrons. The zero-order chi connectivity index (χ0) is 26.0. The van der Waals surface area contributed by atoms with Crippen molar-refractivity contribution in [1.29, 1.82) is 0 Å². The van der Waals surface area contributed by atoms with E-state index in [2.05, 4.69) is 24.3 Å². The molecule has 4 fully saturated rings. The van der Waals surface area contributed by atoms with Gasteiger partial charge in [-0.3, -0.25) is 0 Å². The van der Waals surface area contributed by atoms with Gasteiger partial charge in [-0.2, -0.15) is 0 Å². The average molecular weight is 505 g/mol. The summed E-state index contributed by atoms with van der Waals surface area (Å²) in [4.78, 5) is 11.4. The molecule has 0 aliphatic heterocycles. The van der Waals surface area contributed by atoms with E-state index in [4.69, 9.17) is 14.2 Å². The molecule has 0 atom stereocenters. The van der Waals surface area contributed by atoms with E-state index in [0.717, 1.165) is 40.2 Å². The molecular formula is C32H40O5. The molecule has 1 N–H and O–H groups in total. The fourth-order valence-corrected chi connectivity index (χ4v) is 7.68. The summed E-state index contributed by atoms with van der Waals surface area (Å²) < 4.78 is 17.7. The Bertz CT molecular complexity index is 1090. The van der Waals surface area contributed by atoms with Gasteiger partial charge >= 0.3 is 5.97 Å². The van der Waals surface area contributed by atoms with Crippen LogP contribution in [0.5, 0.6) is 5.75 Å². The third kappa shape index (κ3) is 5.49. The highest BCUT2D eigenvalue weighted by Gasteiger charge is 2.52. The van der Waals surface area contributed by atoms with E-state index in [-0.39, 0.29) is 17.3 Å². The number of carboxylic acids is 1. The zero-order valence-corrected chi connectivity index (χ0v) is 22.4. The maximum Gasteiger partial charge on any atom is 0.335 e. The molecule has 0 aromatic heterocycles. The van der Waals surface area contributed by atoms with E-state index in [0.29, 0.717) is 19.6 Å². The first-order valence-electron chi connectivity index (χ1n) is 13.9. The molecule has 5 heteroatoms. The second-order valence-electron chi connectivity index (χ2n) is 11.3. The number of carbonyl (C=O) groups is 1. The average Bonchev–Trinajstić information content (AvgIpc) is 2.88. The minimum absolute atomic E-state index is 0.229. The molecule has 6 rings (SSSR count). The van der Waals surface area contributed by atoms with Gasteiger partial charge in [0, 0.05) is 25.2 Å². The molecule has 0 amide bonds. The molecule has 0 saturated heterocycles. The highest BCUT2D eigenvalue weighted by molar-refractivity contribution is 5.89. The lowest BCUT2D eigenvalue weighted by molar-refractivity contribution is -0.131. The van der Waals surface area contributed by atoms with Crippen LogP contribution in [0.15, 0.2) is 42.5 Å². The molecule has 37 heavy (non-hydrogen) atoms. The first-order chi connectivity index (χ1) is 17.9. The third-order valence-electron chi connectivity index (χ3n) is 8.77. The van der Waals surface area contributed by atoms with Crippen LogP contribution in [-0.4, -0.2) is 37.7 Å². The normalized spacial score (nSPS) is 26.6. The van der Waals surface area contributed by atoms with Crippen LogP contribution in [0.3, 0.4) is 0 Å². The number of carboxylic acid groups (broad SMARTS) is 1. The number of hydrogen-bond donors (Lipinski definition) is 1. The first-order valence-corrected chi connectivity index (χ1v) is 13.9. The summed E-state index contributed by atoms with van der Waals surface area (Å²) in [7, 11) is 1.79. The Balaban J connectivity index is 1.53. The van der Waals surface area contributed by atoms with Gasteiger partial charge < -0.3 is 19.3 Å².